The monoisotopic (exact) mass is 341 g/mol. The Bertz CT molecular complexity index is 649. The van der Waals surface area contributed by atoms with E-state index in [4.69, 9.17) is 23.2 Å². The van der Waals surface area contributed by atoms with Gasteiger partial charge in [0.1, 0.15) is 0 Å². The third-order valence-electron chi connectivity index (χ3n) is 2.67. The zero-order chi connectivity index (χ0) is 15.2. The van der Waals surface area contributed by atoms with Crippen LogP contribution in [0.3, 0.4) is 0 Å². The van der Waals surface area contributed by atoms with Crippen molar-refractivity contribution in [1.29, 1.82) is 0 Å². The topological polar surface area (TPSA) is 38.3 Å². The second-order valence-corrected chi connectivity index (χ2v) is 6.06. The predicted molar refractivity (Wildman–Crippen MR) is 86.9 cm³/mol. The summed E-state index contributed by atoms with van der Waals surface area (Å²) in [5.41, 5.74) is 3.86. The van der Waals surface area contributed by atoms with Gasteiger partial charge in [-0.1, -0.05) is 35.3 Å². The normalized spacial score (nSPS) is 10.4. The molecule has 2 aromatic carbocycles. The van der Waals surface area contributed by atoms with Gasteiger partial charge in [-0.05, 0) is 35.9 Å². The van der Waals surface area contributed by atoms with Gasteiger partial charge in [0.05, 0.1) is 12.1 Å². The summed E-state index contributed by atoms with van der Waals surface area (Å²) in [4.78, 5) is 17.2. The molecule has 6 heteroatoms. The lowest BCUT2D eigenvalue weighted by molar-refractivity contribution is 0.0537. The Morgan fingerprint density at radius 1 is 1.24 bits per heavy atom. The molecule has 1 N–H and O–H groups in total. The van der Waals surface area contributed by atoms with Gasteiger partial charge < -0.3 is 0 Å². The molecule has 0 saturated carbocycles. The van der Waals surface area contributed by atoms with Crippen LogP contribution in [0.1, 0.15) is 15.9 Å². The quantitative estimate of drug-likeness (QED) is 0.639. The minimum absolute atomic E-state index is 0.273. The Hall–Kier alpha value is -1.20. The van der Waals surface area contributed by atoms with Crippen molar-refractivity contribution in [3.05, 3.63) is 63.6 Å². The van der Waals surface area contributed by atoms with E-state index in [2.05, 4.69) is 10.3 Å². The Morgan fingerprint density at radius 3 is 2.81 bits per heavy atom. The van der Waals surface area contributed by atoms with Gasteiger partial charge in [0.25, 0.3) is 5.91 Å². The molecule has 0 fully saturated rings. The Labute approximate surface area is 137 Å². The highest BCUT2D eigenvalue weighted by Crippen LogP contribution is 2.32. The number of amides is 1. The fourth-order valence-electron chi connectivity index (χ4n) is 1.70. The van der Waals surface area contributed by atoms with E-state index in [9.17, 15) is 4.79 Å². The molecule has 0 heterocycles. The SMILES string of the molecule is CONC(=O)c1cccc(CSc2cc(Cl)ccc2Cl)c1. The number of carbonyl (C=O) groups excluding carboxylic acids is 1. The van der Waals surface area contributed by atoms with Crippen LogP contribution in [0.5, 0.6) is 0 Å². The van der Waals surface area contributed by atoms with Crippen LogP contribution in [0.4, 0.5) is 0 Å². The van der Waals surface area contributed by atoms with Crippen LogP contribution in [-0.4, -0.2) is 13.0 Å². The van der Waals surface area contributed by atoms with E-state index in [0.717, 1.165) is 10.5 Å². The summed E-state index contributed by atoms with van der Waals surface area (Å²) in [5, 5.41) is 1.31. The molecule has 2 aromatic rings. The first-order chi connectivity index (χ1) is 10.1. The van der Waals surface area contributed by atoms with E-state index in [1.54, 1.807) is 30.0 Å². The predicted octanol–water partition coefficient (Wildman–Crippen LogP) is 4.58. The Balaban J connectivity index is 2.08. The molecule has 3 nitrogen and oxygen atoms in total. The van der Waals surface area contributed by atoms with E-state index in [0.29, 0.717) is 21.4 Å². The fraction of sp³-hybridized carbons (Fsp3) is 0.133. The van der Waals surface area contributed by atoms with Crippen molar-refractivity contribution >= 4 is 40.9 Å². The molecule has 0 aliphatic heterocycles. The van der Waals surface area contributed by atoms with Gasteiger partial charge in [-0.15, -0.1) is 11.8 Å². The van der Waals surface area contributed by atoms with Crippen LogP contribution in [0.15, 0.2) is 47.4 Å². The molecule has 0 aromatic heterocycles. The second-order valence-electron chi connectivity index (χ2n) is 4.20. The van der Waals surface area contributed by atoms with Crippen molar-refractivity contribution in [2.75, 3.05) is 7.11 Å². The van der Waals surface area contributed by atoms with Gasteiger partial charge in [0, 0.05) is 21.2 Å². The molecular weight excluding hydrogens is 329 g/mol. The van der Waals surface area contributed by atoms with E-state index in [1.165, 1.54) is 7.11 Å². The first-order valence-corrected chi connectivity index (χ1v) is 7.84. The molecule has 0 aliphatic carbocycles. The van der Waals surface area contributed by atoms with E-state index in [-0.39, 0.29) is 5.91 Å². The fourth-order valence-corrected chi connectivity index (χ4v) is 3.14. The summed E-state index contributed by atoms with van der Waals surface area (Å²) < 4.78 is 0. The van der Waals surface area contributed by atoms with Crippen molar-refractivity contribution in [2.24, 2.45) is 0 Å². The lowest BCUT2D eigenvalue weighted by Crippen LogP contribution is -2.21. The lowest BCUT2D eigenvalue weighted by atomic mass is 10.1. The first-order valence-electron chi connectivity index (χ1n) is 6.10. The van der Waals surface area contributed by atoms with Gasteiger partial charge in [0.2, 0.25) is 0 Å². The van der Waals surface area contributed by atoms with E-state index >= 15 is 0 Å². The molecule has 21 heavy (non-hydrogen) atoms. The molecule has 0 spiro atoms. The summed E-state index contributed by atoms with van der Waals surface area (Å²) in [6.07, 6.45) is 0. The minimum atomic E-state index is -0.273. The van der Waals surface area contributed by atoms with Crippen molar-refractivity contribution in [1.82, 2.24) is 5.48 Å². The molecule has 1 amide bonds. The van der Waals surface area contributed by atoms with Crippen LogP contribution in [0.2, 0.25) is 10.0 Å². The number of hydroxylamine groups is 1. The summed E-state index contributed by atoms with van der Waals surface area (Å²) in [6.45, 7) is 0. The third-order valence-corrected chi connectivity index (χ3v) is 4.47. The molecule has 0 bridgehead atoms. The zero-order valence-electron chi connectivity index (χ0n) is 11.2. The van der Waals surface area contributed by atoms with Gasteiger partial charge in [-0.25, -0.2) is 5.48 Å². The van der Waals surface area contributed by atoms with Gasteiger partial charge >= 0.3 is 0 Å². The molecule has 110 valence electrons. The number of carbonyl (C=O) groups is 1. The van der Waals surface area contributed by atoms with Crippen LogP contribution in [0, 0.1) is 0 Å². The van der Waals surface area contributed by atoms with Gasteiger partial charge in [-0.2, -0.15) is 0 Å². The molecule has 0 saturated heterocycles. The standard InChI is InChI=1S/C15H13Cl2NO2S/c1-20-18-15(19)11-4-2-3-10(7-11)9-21-14-8-12(16)5-6-13(14)17/h2-8H,9H2,1H3,(H,18,19). The number of rotatable bonds is 5. The van der Waals surface area contributed by atoms with Crippen LogP contribution < -0.4 is 5.48 Å². The van der Waals surface area contributed by atoms with Crippen molar-refractivity contribution in [3.8, 4) is 0 Å². The highest BCUT2D eigenvalue weighted by Gasteiger charge is 2.07. The summed E-state index contributed by atoms with van der Waals surface area (Å²) in [6, 6.07) is 12.7. The molecule has 0 unspecified atom stereocenters. The third kappa shape index (κ3) is 4.64. The average molecular weight is 342 g/mol. The highest BCUT2D eigenvalue weighted by atomic mass is 35.5. The van der Waals surface area contributed by atoms with Crippen molar-refractivity contribution in [2.45, 2.75) is 10.6 Å². The molecule has 2 rings (SSSR count). The minimum Gasteiger partial charge on any atom is -0.277 e. The van der Waals surface area contributed by atoms with Crippen LogP contribution in [0.25, 0.3) is 0 Å². The van der Waals surface area contributed by atoms with Crippen LogP contribution in [-0.2, 0) is 10.6 Å². The van der Waals surface area contributed by atoms with Gasteiger partial charge in [0.15, 0.2) is 0 Å². The Morgan fingerprint density at radius 2 is 2.05 bits per heavy atom. The van der Waals surface area contributed by atoms with Crippen molar-refractivity contribution in [3.63, 3.8) is 0 Å². The highest BCUT2D eigenvalue weighted by molar-refractivity contribution is 7.98. The summed E-state index contributed by atoms with van der Waals surface area (Å²) >= 11 is 13.7. The van der Waals surface area contributed by atoms with E-state index < -0.39 is 0 Å². The number of benzene rings is 2. The largest absolute Gasteiger partial charge is 0.277 e. The molecule has 0 radical (unpaired) electrons. The first kappa shape index (κ1) is 16.2. The van der Waals surface area contributed by atoms with Gasteiger partial charge in [-0.3, -0.25) is 9.63 Å². The smallest absolute Gasteiger partial charge is 0.274 e. The lowest BCUT2D eigenvalue weighted by Gasteiger charge is -2.07. The van der Waals surface area contributed by atoms with E-state index in [1.807, 2.05) is 24.3 Å². The number of halogens is 2. The maximum absolute atomic E-state index is 11.7. The van der Waals surface area contributed by atoms with Crippen LogP contribution >= 0.6 is 35.0 Å². The molecular formula is C15H13Cl2NO2S. The second kappa shape index (κ2) is 7.71. The maximum atomic E-state index is 11.7. The molecule has 0 aliphatic rings. The summed E-state index contributed by atoms with van der Waals surface area (Å²) in [7, 11) is 1.40. The maximum Gasteiger partial charge on any atom is 0.274 e. The number of hydrogen-bond acceptors (Lipinski definition) is 3. The average Bonchev–Trinajstić information content (AvgIpc) is 2.49. The number of hydrogen-bond donors (Lipinski definition) is 1. The Kier molecular flexibility index (Phi) is 5.94. The molecule has 0 atom stereocenters. The zero-order valence-corrected chi connectivity index (χ0v) is 13.6. The number of thioether (sulfide) groups is 1. The summed E-state index contributed by atoms with van der Waals surface area (Å²) in [5.74, 6) is 0.416. The van der Waals surface area contributed by atoms with Crippen molar-refractivity contribution < 1.29 is 9.63 Å². The number of nitrogens with one attached hydrogen (secondary N) is 1.